The lowest BCUT2D eigenvalue weighted by atomic mass is 9.96. The van der Waals surface area contributed by atoms with Crippen LogP contribution >= 0.6 is 12.2 Å². The van der Waals surface area contributed by atoms with Crippen molar-refractivity contribution in [1.82, 2.24) is 19.8 Å². The van der Waals surface area contributed by atoms with Gasteiger partial charge >= 0.3 is 0 Å². The second kappa shape index (κ2) is 11.0. The number of hydrogen-bond donors (Lipinski definition) is 2. The average Bonchev–Trinajstić information content (AvgIpc) is 3.33. The minimum absolute atomic E-state index is 0.152. The highest BCUT2D eigenvalue weighted by atomic mass is 32.1. The molecule has 2 atom stereocenters. The van der Waals surface area contributed by atoms with Gasteiger partial charge in [0.2, 0.25) is 5.91 Å². The largest absolute Gasteiger partial charge is 0.383 e. The zero-order chi connectivity index (χ0) is 24.9. The van der Waals surface area contributed by atoms with Crippen LogP contribution in [-0.4, -0.2) is 45.7 Å². The fraction of sp³-hybridized carbons (Fsp3) is 0.346. The molecule has 1 fully saturated rings. The van der Waals surface area contributed by atoms with Gasteiger partial charge in [-0.2, -0.15) is 0 Å². The van der Waals surface area contributed by atoms with E-state index in [2.05, 4.69) is 40.1 Å². The molecule has 1 aliphatic heterocycles. The number of aryl methyl sites for hydroxylation is 1. The zero-order valence-corrected chi connectivity index (χ0v) is 20.9. The van der Waals surface area contributed by atoms with Gasteiger partial charge in [0.05, 0.1) is 30.1 Å². The Morgan fingerprint density at radius 2 is 1.97 bits per heavy atom. The third kappa shape index (κ3) is 5.36. The number of ether oxygens (including phenoxy) is 1. The highest BCUT2D eigenvalue weighted by Crippen LogP contribution is 2.40. The van der Waals surface area contributed by atoms with Crippen molar-refractivity contribution in [3.63, 3.8) is 0 Å². The zero-order valence-electron chi connectivity index (χ0n) is 20.1. The molecule has 1 aliphatic rings. The number of benzene rings is 1. The Morgan fingerprint density at radius 1 is 1.20 bits per heavy atom. The monoisotopic (exact) mass is 495 g/mol. The Hall–Kier alpha value is -3.30. The Balaban J connectivity index is 1.61. The molecule has 2 N–H and O–H groups in total. The van der Waals surface area contributed by atoms with E-state index in [1.54, 1.807) is 31.5 Å². The molecule has 0 spiro atoms. The smallest absolute Gasteiger partial charge is 0.226 e. The molecule has 0 bridgehead atoms. The molecule has 0 unspecified atom stereocenters. The summed E-state index contributed by atoms with van der Waals surface area (Å²) in [6.07, 6.45) is 1.92. The molecule has 35 heavy (non-hydrogen) atoms. The van der Waals surface area contributed by atoms with E-state index in [1.807, 2.05) is 23.1 Å². The summed E-state index contributed by atoms with van der Waals surface area (Å²) < 4.78 is 21.5. The van der Waals surface area contributed by atoms with Gasteiger partial charge in [-0.3, -0.25) is 9.78 Å². The summed E-state index contributed by atoms with van der Waals surface area (Å²) >= 11 is 5.72. The van der Waals surface area contributed by atoms with Crippen molar-refractivity contribution >= 4 is 28.9 Å². The van der Waals surface area contributed by atoms with Crippen LogP contribution in [0.3, 0.4) is 0 Å². The van der Waals surface area contributed by atoms with Crippen LogP contribution in [0.15, 0.2) is 54.7 Å². The van der Waals surface area contributed by atoms with Crippen LogP contribution in [0, 0.1) is 19.7 Å². The Kier molecular flexibility index (Phi) is 7.77. The number of pyridine rings is 1. The number of hydrogen-bond acceptors (Lipinski definition) is 4. The molecule has 4 rings (SSSR count). The Labute approximate surface area is 210 Å². The van der Waals surface area contributed by atoms with Crippen molar-refractivity contribution in [1.29, 1.82) is 0 Å². The van der Waals surface area contributed by atoms with Gasteiger partial charge in [0.1, 0.15) is 5.82 Å². The molecule has 9 heteroatoms. The highest BCUT2D eigenvalue weighted by molar-refractivity contribution is 7.80. The number of aromatic nitrogens is 2. The summed E-state index contributed by atoms with van der Waals surface area (Å²) in [5.74, 6) is -0.737. The summed E-state index contributed by atoms with van der Waals surface area (Å²) in [7, 11) is 1.69. The number of halogens is 1. The average molecular weight is 496 g/mol. The predicted molar refractivity (Wildman–Crippen MR) is 138 cm³/mol. The number of rotatable bonds is 9. The molecule has 0 radical (unpaired) electrons. The van der Waals surface area contributed by atoms with E-state index in [9.17, 15) is 9.18 Å². The summed E-state index contributed by atoms with van der Waals surface area (Å²) in [6.45, 7) is 5.91. The molecular weight excluding hydrogens is 465 g/mol. The van der Waals surface area contributed by atoms with Crippen LogP contribution in [-0.2, 0) is 16.1 Å². The number of methoxy groups -OCH3 is 1. The third-order valence-electron chi connectivity index (χ3n) is 6.38. The maximum atomic E-state index is 14.0. The number of thiocarbonyl (C=S) groups is 1. The van der Waals surface area contributed by atoms with E-state index in [0.29, 0.717) is 18.3 Å². The van der Waals surface area contributed by atoms with Gasteiger partial charge in [-0.05, 0) is 62.0 Å². The molecule has 0 saturated carbocycles. The maximum absolute atomic E-state index is 14.0. The molecule has 1 saturated heterocycles. The Bertz CT molecular complexity index is 1200. The molecule has 7 nitrogen and oxygen atoms in total. The number of amides is 1. The normalized spacial score (nSPS) is 17.5. The highest BCUT2D eigenvalue weighted by Gasteiger charge is 2.41. The lowest BCUT2D eigenvalue weighted by Gasteiger charge is -2.28. The summed E-state index contributed by atoms with van der Waals surface area (Å²) in [5, 5.41) is 6.64. The van der Waals surface area contributed by atoms with Crippen molar-refractivity contribution in [3.05, 3.63) is 83.2 Å². The molecule has 2 aromatic heterocycles. The topological polar surface area (TPSA) is 71.4 Å². The van der Waals surface area contributed by atoms with Crippen LogP contribution < -0.4 is 10.6 Å². The maximum Gasteiger partial charge on any atom is 0.226 e. The van der Waals surface area contributed by atoms with Crippen LogP contribution in [0.25, 0.3) is 0 Å². The molecule has 184 valence electrons. The number of anilines is 1. The molecule has 3 heterocycles. The van der Waals surface area contributed by atoms with Crippen molar-refractivity contribution in [3.8, 4) is 0 Å². The first-order valence-electron chi connectivity index (χ1n) is 11.6. The third-order valence-corrected chi connectivity index (χ3v) is 6.73. The summed E-state index contributed by atoms with van der Waals surface area (Å²) in [4.78, 5) is 19.3. The van der Waals surface area contributed by atoms with Crippen molar-refractivity contribution < 1.29 is 13.9 Å². The first-order chi connectivity index (χ1) is 16.9. The first-order valence-corrected chi connectivity index (χ1v) is 12.0. The molecular formula is C26H30FN5O2S. The van der Waals surface area contributed by atoms with Crippen LogP contribution in [0.4, 0.5) is 10.1 Å². The number of nitrogens with zero attached hydrogens (tertiary/aromatic N) is 3. The van der Waals surface area contributed by atoms with Crippen LogP contribution in [0.1, 0.15) is 41.1 Å². The number of carbonyl (C=O) groups is 1. The Morgan fingerprint density at radius 3 is 2.69 bits per heavy atom. The molecule has 1 amide bonds. The lowest BCUT2D eigenvalue weighted by molar-refractivity contribution is -0.116. The van der Waals surface area contributed by atoms with Gasteiger partial charge in [-0.25, -0.2) is 4.39 Å². The van der Waals surface area contributed by atoms with Gasteiger partial charge in [-0.15, -0.1) is 0 Å². The van der Waals surface area contributed by atoms with E-state index in [-0.39, 0.29) is 30.1 Å². The second-order valence-electron chi connectivity index (χ2n) is 8.57. The predicted octanol–water partition coefficient (Wildman–Crippen LogP) is 4.29. The lowest BCUT2D eigenvalue weighted by Crippen LogP contribution is -2.33. The van der Waals surface area contributed by atoms with Crippen LogP contribution in [0.5, 0.6) is 0 Å². The molecule has 0 aliphatic carbocycles. The fourth-order valence-corrected chi connectivity index (χ4v) is 4.97. The molecule has 3 aromatic rings. The minimum Gasteiger partial charge on any atom is -0.383 e. The standard InChI is InChI=1S/C26H30FN5O2S/c1-17-16-19(18(2)31(17)14-15-34-3)25-24(22-10-6-7-12-28-22)30-26(35)32(25)13-11-23(33)29-21-9-5-4-8-20(21)27/h4-10,12,16,24-25H,11,13-15H2,1-3H3,(H,29,33)(H,30,35)/t24-,25-/m1/s1. The molecule has 1 aromatic carbocycles. The first kappa shape index (κ1) is 24.8. The van der Waals surface area contributed by atoms with E-state index < -0.39 is 5.82 Å². The summed E-state index contributed by atoms with van der Waals surface area (Å²) in [5.41, 5.74) is 4.42. The minimum atomic E-state index is -0.462. The second-order valence-corrected chi connectivity index (χ2v) is 8.96. The SMILES string of the molecule is COCCn1c(C)cc([C@@H]2[C@@H](c3ccccn3)NC(=S)N2CCC(=O)Nc2ccccc2F)c1C. The van der Waals surface area contributed by atoms with Gasteiger partial charge in [0.25, 0.3) is 0 Å². The fourth-order valence-electron chi connectivity index (χ4n) is 4.64. The quantitative estimate of drug-likeness (QED) is 0.432. The van der Waals surface area contributed by atoms with E-state index in [4.69, 9.17) is 17.0 Å². The van der Waals surface area contributed by atoms with Crippen LogP contribution in [0.2, 0.25) is 0 Å². The van der Waals surface area contributed by atoms with Gasteiger partial charge in [-0.1, -0.05) is 18.2 Å². The van der Waals surface area contributed by atoms with Gasteiger partial charge < -0.3 is 24.8 Å². The van der Waals surface area contributed by atoms with Gasteiger partial charge in [0, 0.05) is 44.2 Å². The van der Waals surface area contributed by atoms with E-state index in [0.717, 1.165) is 29.2 Å². The van der Waals surface area contributed by atoms with Crippen molar-refractivity contribution in [2.24, 2.45) is 0 Å². The summed E-state index contributed by atoms with van der Waals surface area (Å²) in [6, 6.07) is 13.8. The number of carbonyl (C=O) groups excluding carboxylic acids is 1. The van der Waals surface area contributed by atoms with E-state index in [1.165, 1.54) is 6.07 Å². The number of nitrogens with one attached hydrogen (secondary N) is 2. The number of para-hydroxylation sites is 1. The van der Waals surface area contributed by atoms with E-state index >= 15 is 0 Å². The van der Waals surface area contributed by atoms with Crippen molar-refractivity contribution in [2.75, 3.05) is 25.6 Å². The van der Waals surface area contributed by atoms with Gasteiger partial charge in [0.15, 0.2) is 5.11 Å². The van der Waals surface area contributed by atoms with Crippen molar-refractivity contribution in [2.45, 2.75) is 38.9 Å².